The van der Waals surface area contributed by atoms with Crippen LogP contribution in [-0.2, 0) is 20.0 Å². The van der Waals surface area contributed by atoms with E-state index in [0.29, 0.717) is 28.0 Å². The predicted molar refractivity (Wildman–Crippen MR) is 196 cm³/mol. The predicted octanol–water partition coefficient (Wildman–Crippen LogP) is 6.29. The minimum Gasteiger partial charge on any atom is -0.440 e. The summed E-state index contributed by atoms with van der Waals surface area (Å²) >= 11 is 0. The number of nitrogens with two attached hydrogens (primary N) is 1. The summed E-state index contributed by atoms with van der Waals surface area (Å²) in [5.74, 6) is -2.04. The van der Waals surface area contributed by atoms with E-state index in [1.165, 1.54) is 18.5 Å². The van der Waals surface area contributed by atoms with Gasteiger partial charge >= 0.3 is 5.79 Å². The van der Waals surface area contributed by atoms with Gasteiger partial charge in [0, 0.05) is 17.7 Å². The molecule has 0 radical (unpaired) electrons. The molecule has 4 aromatic carbocycles. The van der Waals surface area contributed by atoms with Gasteiger partial charge < -0.3 is 34.7 Å². The number of carbonyl (C=O) groups is 1. The van der Waals surface area contributed by atoms with Crippen molar-refractivity contribution in [3.8, 4) is 22.6 Å². The lowest BCUT2D eigenvalue weighted by Crippen LogP contribution is -2.37. The Morgan fingerprint density at radius 1 is 0.889 bits per heavy atom. The largest absolute Gasteiger partial charge is 0.440 e. The van der Waals surface area contributed by atoms with Crippen LogP contribution in [0.5, 0.6) is 11.5 Å². The number of imidazole rings is 1. The summed E-state index contributed by atoms with van der Waals surface area (Å²) in [6.07, 6.45) is 4.60. The summed E-state index contributed by atoms with van der Waals surface area (Å²) < 4.78 is 48.1. The van der Waals surface area contributed by atoms with Crippen LogP contribution >= 0.6 is 0 Å². The second kappa shape index (κ2) is 13.1. The van der Waals surface area contributed by atoms with Crippen LogP contribution in [0.15, 0.2) is 122 Å². The number of benzene rings is 4. The number of aromatic nitrogens is 4. The average molecular weight is 727 g/mol. The number of rotatable bonds is 8. The van der Waals surface area contributed by atoms with Crippen LogP contribution < -0.4 is 20.5 Å². The van der Waals surface area contributed by atoms with Crippen molar-refractivity contribution in [2.75, 3.05) is 12.3 Å². The van der Waals surface area contributed by atoms with E-state index in [9.17, 15) is 9.18 Å². The van der Waals surface area contributed by atoms with Crippen LogP contribution in [0.2, 0.25) is 0 Å². The van der Waals surface area contributed by atoms with Gasteiger partial charge in [0.05, 0.1) is 11.9 Å². The maximum atomic E-state index is 14.1. The molecule has 1 unspecified atom stereocenters. The van der Waals surface area contributed by atoms with Crippen LogP contribution in [0.25, 0.3) is 22.3 Å². The van der Waals surface area contributed by atoms with Crippen LogP contribution in [0.3, 0.4) is 0 Å². The Morgan fingerprint density at radius 3 is 2.31 bits per heavy atom. The first kappa shape index (κ1) is 33.7. The molecule has 12 nitrogen and oxygen atoms in total. The van der Waals surface area contributed by atoms with E-state index in [4.69, 9.17) is 29.4 Å². The van der Waals surface area contributed by atoms with Gasteiger partial charge in [0.25, 0.3) is 5.91 Å². The average Bonchev–Trinajstić information content (AvgIpc) is 3.95. The molecule has 0 aliphatic carbocycles. The van der Waals surface area contributed by atoms with Crippen LogP contribution in [-0.4, -0.2) is 56.1 Å². The summed E-state index contributed by atoms with van der Waals surface area (Å²) in [5, 5.41) is 3.00. The zero-order chi connectivity index (χ0) is 37.0. The molecule has 3 aliphatic heterocycles. The number of hydrogen-bond donors (Lipinski definition) is 2. The number of carbonyl (C=O) groups excluding carboxylic acids is 1. The van der Waals surface area contributed by atoms with Gasteiger partial charge in [-0.05, 0) is 49.2 Å². The zero-order valence-corrected chi connectivity index (χ0v) is 29.3. The highest BCUT2D eigenvalue weighted by atomic mass is 19.1. The van der Waals surface area contributed by atoms with E-state index < -0.39 is 42.0 Å². The molecule has 9 rings (SSSR count). The van der Waals surface area contributed by atoms with E-state index in [1.54, 1.807) is 29.1 Å². The summed E-state index contributed by atoms with van der Waals surface area (Å²) in [5.41, 5.74) is 10.1. The molecule has 2 fully saturated rings. The zero-order valence-electron chi connectivity index (χ0n) is 29.3. The minimum atomic E-state index is -1.36. The Kier molecular flexibility index (Phi) is 8.14. The summed E-state index contributed by atoms with van der Waals surface area (Å²) in [6.45, 7) is 3.86. The highest BCUT2D eigenvalue weighted by Gasteiger charge is 2.55. The fraction of sp³-hybridized carbons (Fsp3) is 0.220. The number of nitrogen functional groups attached to an aromatic ring is 1. The Labute approximate surface area is 309 Å². The minimum absolute atomic E-state index is 0.154. The van der Waals surface area contributed by atoms with Crippen molar-refractivity contribution in [1.29, 1.82) is 0 Å². The number of halogens is 1. The van der Waals surface area contributed by atoms with Gasteiger partial charge in [-0.2, -0.15) is 0 Å². The number of amides is 1. The number of hydrogen-bond acceptors (Lipinski definition) is 10. The summed E-state index contributed by atoms with van der Waals surface area (Å²) in [7, 11) is 0. The van der Waals surface area contributed by atoms with Gasteiger partial charge in [-0.3, -0.25) is 9.36 Å². The molecule has 6 aromatic rings. The second-order valence-corrected chi connectivity index (χ2v) is 13.7. The van der Waals surface area contributed by atoms with Crippen molar-refractivity contribution < 1.29 is 32.9 Å². The topological polar surface area (TPSA) is 145 Å². The molecule has 0 bridgehead atoms. The number of ether oxygens (including phenoxy) is 5. The molecule has 3 aliphatic rings. The molecule has 2 aromatic heterocycles. The molecule has 13 heteroatoms. The van der Waals surface area contributed by atoms with Gasteiger partial charge in [-0.15, -0.1) is 0 Å². The molecule has 272 valence electrons. The van der Waals surface area contributed by atoms with Gasteiger partial charge in [0.1, 0.15) is 36.0 Å². The normalized spacial score (nSPS) is 22.1. The monoisotopic (exact) mass is 726 g/mol. The van der Waals surface area contributed by atoms with Gasteiger partial charge in [0.2, 0.25) is 0 Å². The third-order valence-corrected chi connectivity index (χ3v) is 9.72. The fourth-order valence-electron chi connectivity index (χ4n) is 7.29. The first-order valence-corrected chi connectivity index (χ1v) is 17.5. The molecular weight excluding hydrogens is 691 g/mol. The lowest BCUT2D eigenvalue weighted by Gasteiger charge is -2.28. The lowest BCUT2D eigenvalue weighted by molar-refractivity contribution is -0.191. The van der Waals surface area contributed by atoms with Crippen molar-refractivity contribution in [3.05, 3.63) is 144 Å². The number of anilines is 1. The molecule has 3 N–H and O–H groups in total. The first-order chi connectivity index (χ1) is 26.2. The molecule has 1 amide bonds. The summed E-state index contributed by atoms with van der Waals surface area (Å²) in [6, 6.07) is 28.7. The molecule has 0 spiro atoms. The maximum Gasteiger partial charge on any atom is 0.305 e. The Balaban J connectivity index is 0.999. The molecule has 5 heterocycles. The molecule has 54 heavy (non-hydrogen) atoms. The third-order valence-electron chi connectivity index (χ3n) is 9.72. The van der Waals surface area contributed by atoms with Gasteiger partial charge in [-0.25, -0.2) is 19.3 Å². The lowest BCUT2D eigenvalue weighted by atomic mass is 9.97. The number of nitrogens with one attached hydrogen (secondary N) is 1. The smallest absolute Gasteiger partial charge is 0.305 e. The van der Waals surface area contributed by atoms with Crippen molar-refractivity contribution in [3.63, 3.8) is 0 Å². The Morgan fingerprint density at radius 2 is 1.59 bits per heavy atom. The van der Waals surface area contributed by atoms with E-state index in [-0.39, 0.29) is 29.5 Å². The Hall–Kier alpha value is -6.15. The highest BCUT2D eigenvalue weighted by Crippen LogP contribution is 2.51. The van der Waals surface area contributed by atoms with Crippen LogP contribution in [0.1, 0.15) is 41.6 Å². The fourth-order valence-corrected chi connectivity index (χ4v) is 7.29. The maximum absolute atomic E-state index is 14.1. The second-order valence-electron chi connectivity index (χ2n) is 13.7. The van der Waals surface area contributed by atoms with Crippen molar-refractivity contribution >= 4 is 22.9 Å². The van der Waals surface area contributed by atoms with E-state index in [2.05, 4.69) is 20.3 Å². The van der Waals surface area contributed by atoms with Crippen LogP contribution in [0, 0.1) is 5.82 Å². The van der Waals surface area contributed by atoms with Gasteiger partial charge in [-0.1, -0.05) is 84.9 Å². The number of fused-ring (bicyclic) bond motifs is 3. The van der Waals surface area contributed by atoms with Gasteiger partial charge in [0.15, 0.2) is 35.0 Å². The first-order valence-electron chi connectivity index (χ1n) is 17.5. The third kappa shape index (κ3) is 5.82. The van der Waals surface area contributed by atoms with Crippen molar-refractivity contribution in [1.82, 2.24) is 24.8 Å². The quantitative estimate of drug-likeness (QED) is 0.172. The molecule has 0 saturated carbocycles. The summed E-state index contributed by atoms with van der Waals surface area (Å²) in [4.78, 5) is 26.9. The highest BCUT2D eigenvalue weighted by molar-refractivity contribution is 5.99. The van der Waals surface area contributed by atoms with E-state index in [1.807, 2.05) is 92.7 Å². The number of nitrogens with zero attached hydrogens (tertiary/aromatic N) is 4. The SMILES string of the molecule is CC1(C)OC2[C@@H](C=CCNC(=O)c3cc(-c4ccc(F)cc4)cc4c3OC(c3ccccc3)(c3ccccc3)O4)O[C@@H](n3cnc4c(N)ncnc43)[C@H]2O1. The van der Waals surface area contributed by atoms with Crippen molar-refractivity contribution in [2.45, 2.75) is 50.0 Å². The van der Waals surface area contributed by atoms with E-state index in [0.717, 1.165) is 11.1 Å². The molecule has 2 saturated heterocycles. The van der Waals surface area contributed by atoms with Crippen molar-refractivity contribution in [2.24, 2.45) is 0 Å². The Bertz CT molecular complexity index is 2350. The van der Waals surface area contributed by atoms with Crippen LogP contribution in [0.4, 0.5) is 10.2 Å². The standard InChI is InChI=1S/C41H35FN6O6/c1-40(2)52-34-30(50-39(35(34)53-40)48-23-47-32-36(43)45-22-46-37(32)48)14-9-19-44-38(49)29-20-25(24-15-17-28(42)18-16-24)21-31-33(29)54-41(51-31,26-10-5-3-6-11-26)27-12-7-4-8-13-27/h3-18,20-23,30,34-35,39H,19H2,1-2H3,(H,44,49)(H2,43,45,46)/t30-,34?,35+,39-/m1/s1. The molecule has 4 atom stereocenters. The van der Waals surface area contributed by atoms with E-state index >= 15 is 0 Å². The molecular formula is C41H35FN6O6.